The number of amides is 1. The van der Waals surface area contributed by atoms with Crippen LogP contribution in [0, 0.1) is 0 Å². The molecule has 0 aliphatic carbocycles. The Balaban J connectivity index is 1.55. The van der Waals surface area contributed by atoms with Crippen LogP contribution in [0.2, 0.25) is 0 Å². The minimum absolute atomic E-state index is 0.0601. The van der Waals surface area contributed by atoms with Crippen LogP contribution < -0.4 is 0 Å². The van der Waals surface area contributed by atoms with Crippen LogP contribution in [0.5, 0.6) is 0 Å². The second kappa shape index (κ2) is 6.91. The van der Waals surface area contributed by atoms with Gasteiger partial charge in [-0.05, 0) is 49.5 Å². The summed E-state index contributed by atoms with van der Waals surface area (Å²) >= 11 is 1.66. The van der Waals surface area contributed by atoms with E-state index in [9.17, 15) is 4.79 Å². The highest BCUT2D eigenvalue weighted by Crippen LogP contribution is 2.34. The number of likely N-dealkylation sites (tertiary alicyclic amines) is 1. The lowest BCUT2D eigenvalue weighted by atomic mass is 10.1. The summed E-state index contributed by atoms with van der Waals surface area (Å²) in [4.78, 5) is 16.2. The van der Waals surface area contributed by atoms with Gasteiger partial charge in [0, 0.05) is 6.42 Å². The fraction of sp³-hybridized carbons (Fsp3) is 0.444. The van der Waals surface area contributed by atoms with Crippen molar-refractivity contribution in [1.29, 1.82) is 0 Å². The molecule has 0 bridgehead atoms. The quantitative estimate of drug-likeness (QED) is 0.854. The van der Waals surface area contributed by atoms with Gasteiger partial charge in [-0.3, -0.25) is 9.69 Å². The van der Waals surface area contributed by atoms with Crippen LogP contribution >= 0.6 is 11.3 Å². The lowest BCUT2D eigenvalue weighted by Crippen LogP contribution is -2.40. The number of nitrogens with zero attached hydrogens (tertiary/aromatic N) is 3. The van der Waals surface area contributed by atoms with Crippen LogP contribution in [-0.2, 0) is 4.79 Å². The molecular weight excluding hydrogens is 322 g/mol. The summed E-state index contributed by atoms with van der Waals surface area (Å²) in [6, 6.07) is 7.74. The van der Waals surface area contributed by atoms with Crippen molar-refractivity contribution in [3.8, 4) is 0 Å². The first kappa shape index (κ1) is 15.6. The number of rotatable bonds is 4. The van der Waals surface area contributed by atoms with Crippen molar-refractivity contribution in [3.05, 3.63) is 46.5 Å². The summed E-state index contributed by atoms with van der Waals surface area (Å²) in [5.41, 5.74) is 0.971. The van der Waals surface area contributed by atoms with Gasteiger partial charge in [0.15, 0.2) is 0 Å². The van der Waals surface area contributed by atoms with Crippen LogP contribution in [0.3, 0.4) is 0 Å². The summed E-state index contributed by atoms with van der Waals surface area (Å²) in [6.45, 7) is 2.46. The van der Waals surface area contributed by atoms with Gasteiger partial charge >= 0.3 is 0 Å². The van der Waals surface area contributed by atoms with Crippen molar-refractivity contribution in [2.24, 2.45) is 5.10 Å². The largest absolute Gasteiger partial charge is 0.467 e. The molecule has 0 radical (unpaired) electrons. The lowest BCUT2D eigenvalue weighted by Gasteiger charge is -2.28. The molecule has 1 atom stereocenters. The second-order valence-electron chi connectivity index (χ2n) is 6.33. The van der Waals surface area contributed by atoms with E-state index < -0.39 is 0 Å². The second-order valence-corrected chi connectivity index (χ2v) is 7.28. The molecule has 1 fully saturated rings. The van der Waals surface area contributed by atoms with E-state index in [1.165, 1.54) is 19.3 Å². The summed E-state index contributed by atoms with van der Waals surface area (Å²) in [7, 11) is 0. The van der Waals surface area contributed by atoms with Crippen molar-refractivity contribution >= 4 is 23.0 Å². The molecule has 24 heavy (non-hydrogen) atoms. The normalized spacial score (nSPS) is 21.9. The number of carbonyl (C=O) groups is 1. The number of thiophene rings is 1. The molecular formula is C18H21N3O2S. The molecule has 1 amide bonds. The maximum absolute atomic E-state index is 12.9. The minimum Gasteiger partial charge on any atom is -0.467 e. The summed E-state index contributed by atoms with van der Waals surface area (Å²) in [5.74, 6) is 0.863. The molecule has 0 unspecified atom stereocenters. The van der Waals surface area contributed by atoms with Crippen molar-refractivity contribution in [1.82, 2.24) is 9.91 Å². The smallest absolute Gasteiger partial charge is 0.257 e. The van der Waals surface area contributed by atoms with Crippen LogP contribution in [0.15, 0.2) is 45.4 Å². The van der Waals surface area contributed by atoms with Crippen LogP contribution in [0.1, 0.15) is 42.4 Å². The van der Waals surface area contributed by atoms with Crippen molar-refractivity contribution in [3.63, 3.8) is 0 Å². The summed E-state index contributed by atoms with van der Waals surface area (Å²) < 4.78 is 5.58. The molecule has 0 aromatic carbocycles. The van der Waals surface area contributed by atoms with Crippen LogP contribution in [-0.4, -0.2) is 41.2 Å². The van der Waals surface area contributed by atoms with Gasteiger partial charge in [-0.25, -0.2) is 5.01 Å². The summed E-state index contributed by atoms with van der Waals surface area (Å²) in [6.07, 6.45) is 5.99. The first-order valence-electron chi connectivity index (χ1n) is 8.50. The van der Waals surface area contributed by atoms with E-state index in [4.69, 9.17) is 4.42 Å². The maximum Gasteiger partial charge on any atom is 0.257 e. The van der Waals surface area contributed by atoms with E-state index >= 15 is 0 Å². The highest BCUT2D eigenvalue weighted by Gasteiger charge is 2.35. The van der Waals surface area contributed by atoms with Gasteiger partial charge in [0.2, 0.25) is 0 Å². The van der Waals surface area contributed by atoms with E-state index in [-0.39, 0.29) is 11.9 Å². The zero-order chi connectivity index (χ0) is 16.4. The molecule has 5 nitrogen and oxygen atoms in total. The molecule has 0 saturated carbocycles. The van der Waals surface area contributed by atoms with Gasteiger partial charge in [0.05, 0.1) is 23.4 Å². The molecule has 4 rings (SSSR count). The molecule has 4 heterocycles. The predicted molar refractivity (Wildman–Crippen MR) is 94.1 cm³/mol. The third-order valence-electron chi connectivity index (χ3n) is 4.65. The van der Waals surface area contributed by atoms with Gasteiger partial charge in [-0.1, -0.05) is 12.5 Å². The monoisotopic (exact) mass is 343 g/mol. The van der Waals surface area contributed by atoms with Gasteiger partial charge in [0.25, 0.3) is 5.91 Å². The lowest BCUT2D eigenvalue weighted by molar-refractivity contribution is -0.134. The maximum atomic E-state index is 12.9. The SMILES string of the molecule is O=C(CN1CCCCC1)N1N=C(c2cccs2)C[C@@H]1c1ccco1. The van der Waals surface area contributed by atoms with Gasteiger partial charge in [-0.2, -0.15) is 5.10 Å². The Morgan fingerprint density at radius 1 is 1.25 bits per heavy atom. The third kappa shape index (κ3) is 3.16. The molecule has 2 aromatic heterocycles. The van der Waals surface area contributed by atoms with E-state index in [2.05, 4.69) is 16.1 Å². The van der Waals surface area contributed by atoms with E-state index in [1.54, 1.807) is 22.6 Å². The number of hydrogen-bond donors (Lipinski definition) is 0. The molecule has 126 valence electrons. The summed E-state index contributed by atoms with van der Waals surface area (Å²) in [5, 5.41) is 8.34. The minimum atomic E-state index is -0.130. The van der Waals surface area contributed by atoms with Crippen LogP contribution in [0.4, 0.5) is 0 Å². The molecule has 2 aliphatic rings. The molecule has 1 saturated heterocycles. The first-order valence-corrected chi connectivity index (χ1v) is 9.38. The van der Waals surface area contributed by atoms with E-state index in [1.807, 2.05) is 23.6 Å². The number of hydrazone groups is 1. The van der Waals surface area contributed by atoms with Crippen molar-refractivity contribution in [2.75, 3.05) is 19.6 Å². The topological polar surface area (TPSA) is 49.1 Å². The average molecular weight is 343 g/mol. The van der Waals surface area contributed by atoms with Gasteiger partial charge in [-0.15, -0.1) is 11.3 Å². The fourth-order valence-electron chi connectivity index (χ4n) is 3.42. The molecule has 0 spiro atoms. The number of furan rings is 1. The zero-order valence-electron chi connectivity index (χ0n) is 13.6. The van der Waals surface area contributed by atoms with Crippen molar-refractivity contribution in [2.45, 2.75) is 31.7 Å². The number of hydrogen-bond acceptors (Lipinski definition) is 5. The Hall–Kier alpha value is -1.92. The Morgan fingerprint density at radius 2 is 2.12 bits per heavy atom. The Bertz CT molecular complexity index is 703. The van der Waals surface area contributed by atoms with Gasteiger partial charge < -0.3 is 4.42 Å². The third-order valence-corrected chi connectivity index (χ3v) is 5.57. The highest BCUT2D eigenvalue weighted by molar-refractivity contribution is 7.12. The standard InChI is InChI=1S/C18H21N3O2S/c22-18(13-20-8-2-1-3-9-20)21-15(16-6-4-10-23-16)12-14(19-21)17-7-5-11-24-17/h4-7,10-11,15H,1-3,8-9,12-13H2/t15-/m1/s1. The molecule has 2 aliphatic heterocycles. The molecule has 6 heteroatoms. The van der Waals surface area contributed by atoms with E-state index in [0.717, 1.165) is 29.4 Å². The first-order chi connectivity index (χ1) is 11.8. The predicted octanol–water partition coefficient (Wildman–Crippen LogP) is 3.50. The van der Waals surface area contributed by atoms with Crippen LogP contribution in [0.25, 0.3) is 0 Å². The highest BCUT2D eigenvalue weighted by atomic mass is 32.1. The van der Waals surface area contributed by atoms with Crippen molar-refractivity contribution < 1.29 is 9.21 Å². The molecule has 2 aromatic rings. The molecule has 0 N–H and O–H groups in total. The Labute approximate surface area is 145 Å². The Morgan fingerprint density at radius 3 is 2.83 bits per heavy atom. The Kier molecular flexibility index (Phi) is 4.49. The fourth-order valence-corrected chi connectivity index (χ4v) is 4.14. The van der Waals surface area contributed by atoms with E-state index in [0.29, 0.717) is 13.0 Å². The number of carbonyl (C=O) groups excluding carboxylic acids is 1. The zero-order valence-corrected chi connectivity index (χ0v) is 14.4. The number of piperidine rings is 1. The van der Waals surface area contributed by atoms with Gasteiger partial charge in [0.1, 0.15) is 11.8 Å². The average Bonchev–Trinajstić information content (AvgIpc) is 3.35.